The lowest BCUT2D eigenvalue weighted by Gasteiger charge is -2.39. The molecule has 158 valence electrons. The molecule has 3 aromatic rings. The van der Waals surface area contributed by atoms with E-state index in [4.69, 9.17) is 9.47 Å². The normalized spacial score (nSPS) is 23.5. The van der Waals surface area contributed by atoms with Gasteiger partial charge in [0.2, 0.25) is 6.79 Å². The van der Waals surface area contributed by atoms with Crippen molar-refractivity contribution in [3.63, 3.8) is 0 Å². The highest BCUT2D eigenvalue weighted by atomic mass is 19.1. The van der Waals surface area contributed by atoms with E-state index >= 15 is 0 Å². The number of hydrogen-bond acceptors (Lipinski definition) is 5. The number of nitrogens with zero attached hydrogens (tertiary/aromatic N) is 1. The predicted molar refractivity (Wildman–Crippen MR) is 116 cm³/mol. The molecule has 31 heavy (non-hydrogen) atoms. The average Bonchev–Trinajstić information content (AvgIpc) is 3.40. The number of nitrogens with one attached hydrogen (secondary N) is 2. The minimum Gasteiger partial charge on any atom is -0.454 e. The largest absolute Gasteiger partial charge is 0.454 e. The number of ether oxygens (including phenoxy) is 2. The van der Waals surface area contributed by atoms with Crippen LogP contribution in [0.1, 0.15) is 34.3 Å². The zero-order chi connectivity index (χ0) is 20.9. The van der Waals surface area contributed by atoms with Crippen LogP contribution in [0, 0.1) is 18.7 Å². The number of halogens is 1. The van der Waals surface area contributed by atoms with Crippen LogP contribution in [-0.2, 0) is 6.54 Å². The SMILES string of the molecule is Cc1ccc(C2NNC3c4cc5c(cc4N(Cc4cccc(F)c4)CC23)OCO5)cc1. The molecule has 3 atom stereocenters. The van der Waals surface area contributed by atoms with Crippen molar-refractivity contribution in [2.24, 2.45) is 5.92 Å². The number of fused-ring (bicyclic) bond motifs is 4. The van der Waals surface area contributed by atoms with E-state index < -0.39 is 0 Å². The molecule has 6 rings (SSSR count). The summed E-state index contributed by atoms with van der Waals surface area (Å²) in [5, 5.41) is 0. The van der Waals surface area contributed by atoms with E-state index in [9.17, 15) is 4.39 Å². The molecule has 3 aliphatic heterocycles. The summed E-state index contributed by atoms with van der Waals surface area (Å²) in [5.74, 6) is 1.65. The Morgan fingerprint density at radius 3 is 2.55 bits per heavy atom. The Kier molecular flexibility index (Phi) is 4.37. The molecule has 3 aliphatic rings. The van der Waals surface area contributed by atoms with Gasteiger partial charge in [-0.25, -0.2) is 15.2 Å². The minimum atomic E-state index is -0.208. The molecule has 0 aliphatic carbocycles. The van der Waals surface area contributed by atoms with E-state index in [1.54, 1.807) is 12.1 Å². The van der Waals surface area contributed by atoms with Crippen molar-refractivity contribution in [2.75, 3.05) is 18.2 Å². The number of benzene rings is 3. The number of rotatable bonds is 3. The van der Waals surface area contributed by atoms with Crippen molar-refractivity contribution in [3.05, 3.63) is 88.7 Å². The van der Waals surface area contributed by atoms with Crippen molar-refractivity contribution in [1.82, 2.24) is 10.9 Å². The van der Waals surface area contributed by atoms with Crippen LogP contribution in [0.3, 0.4) is 0 Å². The minimum absolute atomic E-state index is 0.152. The molecule has 3 aromatic carbocycles. The van der Waals surface area contributed by atoms with Gasteiger partial charge in [-0.1, -0.05) is 42.0 Å². The van der Waals surface area contributed by atoms with E-state index in [2.05, 4.69) is 59.1 Å². The maximum Gasteiger partial charge on any atom is 0.231 e. The molecule has 5 nitrogen and oxygen atoms in total. The van der Waals surface area contributed by atoms with Crippen molar-refractivity contribution >= 4 is 5.69 Å². The fraction of sp³-hybridized carbons (Fsp3) is 0.280. The maximum atomic E-state index is 13.9. The van der Waals surface area contributed by atoms with Crippen LogP contribution in [0.25, 0.3) is 0 Å². The van der Waals surface area contributed by atoms with E-state index in [0.29, 0.717) is 12.5 Å². The van der Waals surface area contributed by atoms with E-state index in [1.807, 2.05) is 6.07 Å². The Labute approximate surface area is 180 Å². The highest BCUT2D eigenvalue weighted by Crippen LogP contribution is 2.49. The number of aryl methyl sites for hydroxylation is 1. The van der Waals surface area contributed by atoms with Gasteiger partial charge in [0.25, 0.3) is 0 Å². The molecule has 1 saturated heterocycles. The molecule has 2 N–H and O–H groups in total. The monoisotopic (exact) mass is 417 g/mol. The van der Waals surface area contributed by atoms with E-state index in [1.165, 1.54) is 22.8 Å². The van der Waals surface area contributed by atoms with Crippen LogP contribution in [0.15, 0.2) is 60.7 Å². The first-order valence-electron chi connectivity index (χ1n) is 10.7. The highest BCUT2D eigenvalue weighted by Gasteiger charge is 2.44. The average molecular weight is 417 g/mol. The number of anilines is 1. The lowest BCUT2D eigenvalue weighted by Crippen LogP contribution is -2.39. The molecule has 0 radical (unpaired) electrons. The van der Waals surface area contributed by atoms with Crippen LogP contribution < -0.4 is 25.2 Å². The molecule has 6 heteroatoms. The van der Waals surface area contributed by atoms with Crippen molar-refractivity contribution < 1.29 is 13.9 Å². The van der Waals surface area contributed by atoms with E-state index in [0.717, 1.165) is 29.3 Å². The summed E-state index contributed by atoms with van der Waals surface area (Å²) in [7, 11) is 0. The topological polar surface area (TPSA) is 45.8 Å². The summed E-state index contributed by atoms with van der Waals surface area (Å²) < 4.78 is 25.2. The molecule has 0 bridgehead atoms. The van der Waals surface area contributed by atoms with Crippen molar-refractivity contribution in [3.8, 4) is 11.5 Å². The second-order valence-corrected chi connectivity index (χ2v) is 8.59. The Balaban J connectivity index is 1.40. The lowest BCUT2D eigenvalue weighted by molar-refractivity contribution is 0.174. The quantitative estimate of drug-likeness (QED) is 0.662. The number of hydrazine groups is 1. The zero-order valence-corrected chi connectivity index (χ0v) is 17.3. The number of hydrogen-bond donors (Lipinski definition) is 2. The van der Waals surface area contributed by atoms with Crippen molar-refractivity contribution in [2.45, 2.75) is 25.6 Å². The molecule has 3 unspecified atom stereocenters. The molecule has 1 fully saturated rings. The van der Waals surface area contributed by atoms with E-state index in [-0.39, 0.29) is 24.7 Å². The Morgan fingerprint density at radius 1 is 0.968 bits per heavy atom. The Bertz CT molecular complexity index is 1130. The summed E-state index contributed by atoms with van der Waals surface area (Å²) >= 11 is 0. The molecular weight excluding hydrogens is 393 g/mol. The van der Waals surface area contributed by atoms with Gasteiger partial charge >= 0.3 is 0 Å². The van der Waals surface area contributed by atoms with Gasteiger partial charge in [-0.05, 0) is 41.8 Å². The highest BCUT2D eigenvalue weighted by molar-refractivity contribution is 5.66. The first-order valence-corrected chi connectivity index (χ1v) is 10.7. The second kappa shape index (κ2) is 7.25. The summed E-state index contributed by atoms with van der Waals surface area (Å²) in [6, 6.07) is 20.0. The van der Waals surface area contributed by atoms with Gasteiger partial charge in [-0.15, -0.1) is 0 Å². The first kappa shape index (κ1) is 18.7. The van der Waals surface area contributed by atoms with Crippen LogP contribution >= 0.6 is 0 Å². The Hall–Kier alpha value is -3.09. The van der Waals surface area contributed by atoms with Gasteiger partial charge in [-0.2, -0.15) is 0 Å². The smallest absolute Gasteiger partial charge is 0.231 e. The van der Waals surface area contributed by atoms with Crippen LogP contribution in [0.2, 0.25) is 0 Å². The molecule has 0 amide bonds. The summed E-state index contributed by atoms with van der Waals surface area (Å²) in [5.41, 5.74) is 12.8. The van der Waals surface area contributed by atoms with Gasteiger partial charge < -0.3 is 14.4 Å². The van der Waals surface area contributed by atoms with Gasteiger partial charge in [0.05, 0.1) is 12.1 Å². The molecule has 3 heterocycles. The van der Waals surface area contributed by atoms with Crippen LogP contribution in [-0.4, -0.2) is 13.3 Å². The zero-order valence-electron chi connectivity index (χ0n) is 17.3. The fourth-order valence-corrected chi connectivity index (χ4v) is 5.04. The van der Waals surface area contributed by atoms with Crippen LogP contribution in [0.5, 0.6) is 11.5 Å². The molecular formula is C25H24FN3O2. The summed E-state index contributed by atoms with van der Waals surface area (Å²) in [4.78, 5) is 2.34. The molecule has 0 saturated carbocycles. The third kappa shape index (κ3) is 3.23. The van der Waals surface area contributed by atoms with Gasteiger partial charge in [0.15, 0.2) is 11.5 Å². The maximum absolute atomic E-state index is 13.9. The Morgan fingerprint density at radius 2 is 1.74 bits per heavy atom. The van der Waals surface area contributed by atoms with Gasteiger partial charge in [0, 0.05) is 30.8 Å². The standard InChI is InChI=1S/C25H24FN3O2/c1-15-5-7-17(8-6-15)24-20-13-29(12-16-3-2-4-18(26)9-16)21-11-23-22(30-14-31-23)10-19(21)25(20)28-27-24/h2-11,20,24-25,27-28H,12-14H2,1H3. The van der Waals surface area contributed by atoms with Crippen molar-refractivity contribution in [1.29, 1.82) is 0 Å². The molecule has 0 aromatic heterocycles. The lowest BCUT2D eigenvalue weighted by atomic mass is 9.81. The fourth-order valence-electron chi connectivity index (χ4n) is 5.04. The van der Waals surface area contributed by atoms with Gasteiger partial charge in [-0.3, -0.25) is 0 Å². The second-order valence-electron chi connectivity index (χ2n) is 8.59. The summed E-state index contributed by atoms with van der Waals surface area (Å²) in [6.45, 7) is 3.82. The third-order valence-electron chi connectivity index (χ3n) is 6.58. The van der Waals surface area contributed by atoms with Gasteiger partial charge in [0.1, 0.15) is 5.82 Å². The summed E-state index contributed by atoms with van der Waals surface area (Å²) in [6.07, 6.45) is 0. The third-order valence-corrected chi connectivity index (χ3v) is 6.58. The molecule has 0 spiro atoms. The predicted octanol–water partition coefficient (Wildman–Crippen LogP) is 4.39. The van der Waals surface area contributed by atoms with Crippen LogP contribution in [0.4, 0.5) is 10.1 Å². The first-order chi connectivity index (χ1) is 15.2.